The lowest BCUT2D eigenvalue weighted by Crippen LogP contribution is -2.48. The average Bonchev–Trinajstić information content (AvgIpc) is 2.46. The Morgan fingerprint density at radius 2 is 2.17 bits per heavy atom. The summed E-state index contributed by atoms with van der Waals surface area (Å²) in [5.41, 5.74) is 0.833. The van der Waals surface area contributed by atoms with Crippen LogP contribution in [0.1, 0.15) is 23.0 Å². The van der Waals surface area contributed by atoms with E-state index in [-0.39, 0.29) is 11.6 Å². The number of nitriles is 1. The van der Waals surface area contributed by atoms with Gasteiger partial charge in [-0.05, 0) is 18.7 Å². The molecule has 0 aromatic carbocycles. The Hall–Kier alpha value is -1.93. The molecular weight excluding hydrogens is 228 g/mol. The molecule has 2 rings (SSSR count). The van der Waals surface area contributed by atoms with Crippen molar-refractivity contribution in [2.24, 2.45) is 0 Å². The van der Waals surface area contributed by atoms with E-state index in [1.165, 1.54) is 6.20 Å². The molecule has 1 aromatic heterocycles. The Kier molecular flexibility index (Phi) is 3.90. The molecule has 0 saturated carbocycles. The van der Waals surface area contributed by atoms with E-state index in [1.807, 2.05) is 11.0 Å². The number of nitrogens with zero attached hydrogens (tertiary/aromatic N) is 4. The van der Waals surface area contributed by atoms with Crippen molar-refractivity contribution in [2.45, 2.75) is 6.92 Å². The number of aromatic nitrogens is 1. The number of hydrogen-bond acceptors (Lipinski definition) is 4. The van der Waals surface area contributed by atoms with Gasteiger partial charge in [0.05, 0.1) is 0 Å². The summed E-state index contributed by atoms with van der Waals surface area (Å²) in [6.45, 7) is 6.47. The van der Waals surface area contributed by atoms with Crippen LogP contribution in [0.3, 0.4) is 0 Å². The number of rotatable bonds is 2. The van der Waals surface area contributed by atoms with Crippen molar-refractivity contribution in [1.29, 1.82) is 5.26 Å². The first kappa shape index (κ1) is 12.5. The lowest BCUT2D eigenvalue weighted by molar-refractivity contribution is 0.0643. The summed E-state index contributed by atoms with van der Waals surface area (Å²) in [7, 11) is 0. The molecule has 0 atom stereocenters. The quantitative estimate of drug-likeness (QED) is 0.769. The van der Waals surface area contributed by atoms with Gasteiger partial charge in [0.25, 0.3) is 5.91 Å². The zero-order chi connectivity index (χ0) is 13.0. The predicted octanol–water partition coefficient (Wildman–Crippen LogP) is 0.731. The van der Waals surface area contributed by atoms with Crippen LogP contribution in [0.5, 0.6) is 0 Å². The monoisotopic (exact) mass is 244 g/mol. The number of carbonyl (C=O) groups is 1. The van der Waals surface area contributed by atoms with Crippen molar-refractivity contribution >= 4 is 5.91 Å². The fraction of sp³-hybridized carbons (Fsp3) is 0.462. The van der Waals surface area contributed by atoms with Gasteiger partial charge in [-0.1, -0.05) is 6.92 Å². The van der Waals surface area contributed by atoms with E-state index in [1.54, 1.807) is 12.1 Å². The highest BCUT2D eigenvalue weighted by atomic mass is 16.2. The van der Waals surface area contributed by atoms with Crippen LogP contribution in [0, 0.1) is 11.3 Å². The van der Waals surface area contributed by atoms with Gasteiger partial charge in [0, 0.05) is 37.9 Å². The SMILES string of the molecule is CCN1CCN(C(=O)c2ccnc(C#N)c2)CC1. The minimum atomic E-state index is -0.00958. The zero-order valence-corrected chi connectivity index (χ0v) is 10.5. The molecule has 1 aliphatic heterocycles. The van der Waals surface area contributed by atoms with E-state index in [4.69, 9.17) is 5.26 Å². The molecule has 5 nitrogen and oxygen atoms in total. The molecular formula is C13H16N4O. The van der Waals surface area contributed by atoms with Crippen LogP contribution in [-0.2, 0) is 0 Å². The van der Waals surface area contributed by atoms with Crippen LogP contribution in [-0.4, -0.2) is 53.4 Å². The van der Waals surface area contributed by atoms with Crippen LogP contribution < -0.4 is 0 Å². The Labute approximate surface area is 107 Å². The second kappa shape index (κ2) is 5.61. The molecule has 0 unspecified atom stereocenters. The molecule has 1 aromatic rings. The lowest BCUT2D eigenvalue weighted by Gasteiger charge is -2.34. The maximum absolute atomic E-state index is 12.2. The second-order valence-electron chi connectivity index (χ2n) is 4.27. The van der Waals surface area contributed by atoms with Crippen molar-refractivity contribution in [2.75, 3.05) is 32.7 Å². The largest absolute Gasteiger partial charge is 0.336 e. The standard InChI is InChI=1S/C13H16N4O/c1-2-16-5-7-17(8-6-16)13(18)11-3-4-15-12(9-11)10-14/h3-4,9H,2,5-8H2,1H3. The van der Waals surface area contributed by atoms with Crippen LogP contribution in [0.4, 0.5) is 0 Å². The first-order valence-electron chi connectivity index (χ1n) is 6.12. The second-order valence-corrected chi connectivity index (χ2v) is 4.27. The third kappa shape index (κ3) is 2.66. The summed E-state index contributed by atoms with van der Waals surface area (Å²) in [5, 5.41) is 8.78. The topological polar surface area (TPSA) is 60.2 Å². The molecule has 2 heterocycles. The van der Waals surface area contributed by atoms with Gasteiger partial charge in [-0.3, -0.25) is 4.79 Å². The third-order valence-electron chi connectivity index (χ3n) is 3.23. The maximum atomic E-state index is 12.2. The van der Waals surface area contributed by atoms with E-state index in [0.29, 0.717) is 5.56 Å². The van der Waals surface area contributed by atoms with Gasteiger partial charge in [0.1, 0.15) is 11.8 Å². The van der Waals surface area contributed by atoms with Gasteiger partial charge < -0.3 is 9.80 Å². The van der Waals surface area contributed by atoms with Crippen molar-refractivity contribution in [3.63, 3.8) is 0 Å². The number of amides is 1. The summed E-state index contributed by atoms with van der Waals surface area (Å²) >= 11 is 0. The molecule has 0 aliphatic carbocycles. The number of pyridine rings is 1. The van der Waals surface area contributed by atoms with Crippen molar-refractivity contribution < 1.29 is 4.79 Å². The van der Waals surface area contributed by atoms with Gasteiger partial charge in [-0.15, -0.1) is 0 Å². The Bertz CT molecular complexity index is 472. The molecule has 0 spiro atoms. The van der Waals surface area contributed by atoms with E-state index in [9.17, 15) is 4.79 Å². The molecule has 1 saturated heterocycles. The van der Waals surface area contributed by atoms with E-state index in [0.717, 1.165) is 32.7 Å². The Morgan fingerprint density at radius 1 is 1.44 bits per heavy atom. The first-order chi connectivity index (χ1) is 8.74. The van der Waals surface area contributed by atoms with Crippen molar-refractivity contribution in [3.05, 3.63) is 29.6 Å². The van der Waals surface area contributed by atoms with Crippen molar-refractivity contribution in [1.82, 2.24) is 14.8 Å². The minimum absolute atomic E-state index is 0.00958. The zero-order valence-electron chi connectivity index (χ0n) is 10.5. The number of likely N-dealkylation sites (N-methyl/N-ethyl adjacent to an activating group) is 1. The van der Waals surface area contributed by atoms with Gasteiger partial charge in [-0.25, -0.2) is 4.98 Å². The van der Waals surface area contributed by atoms with Gasteiger partial charge in [-0.2, -0.15) is 5.26 Å². The number of hydrogen-bond donors (Lipinski definition) is 0. The maximum Gasteiger partial charge on any atom is 0.254 e. The molecule has 1 fully saturated rings. The summed E-state index contributed by atoms with van der Waals surface area (Å²) < 4.78 is 0. The third-order valence-corrected chi connectivity index (χ3v) is 3.23. The summed E-state index contributed by atoms with van der Waals surface area (Å²) in [4.78, 5) is 20.3. The van der Waals surface area contributed by atoms with Crippen LogP contribution in [0.15, 0.2) is 18.3 Å². The van der Waals surface area contributed by atoms with Crippen LogP contribution >= 0.6 is 0 Å². The fourth-order valence-electron chi connectivity index (χ4n) is 2.07. The number of piperazine rings is 1. The van der Waals surface area contributed by atoms with Crippen LogP contribution in [0.25, 0.3) is 0 Å². The normalized spacial score (nSPS) is 16.3. The average molecular weight is 244 g/mol. The van der Waals surface area contributed by atoms with Gasteiger partial charge >= 0.3 is 0 Å². The van der Waals surface area contributed by atoms with E-state index >= 15 is 0 Å². The van der Waals surface area contributed by atoms with E-state index < -0.39 is 0 Å². The minimum Gasteiger partial charge on any atom is -0.336 e. The highest BCUT2D eigenvalue weighted by molar-refractivity contribution is 5.94. The molecule has 5 heteroatoms. The highest BCUT2D eigenvalue weighted by Gasteiger charge is 2.21. The highest BCUT2D eigenvalue weighted by Crippen LogP contribution is 2.09. The Morgan fingerprint density at radius 3 is 2.78 bits per heavy atom. The first-order valence-corrected chi connectivity index (χ1v) is 6.12. The molecule has 1 aliphatic rings. The molecule has 1 amide bonds. The lowest BCUT2D eigenvalue weighted by atomic mass is 10.2. The molecule has 0 N–H and O–H groups in total. The summed E-state index contributed by atoms with van der Waals surface area (Å²) in [6, 6.07) is 5.16. The summed E-state index contributed by atoms with van der Waals surface area (Å²) in [6.07, 6.45) is 1.51. The van der Waals surface area contributed by atoms with Crippen molar-refractivity contribution in [3.8, 4) is 6.07 Å². The van der Waals surface area contributed by atoms with Gasteiger partial charge in [0.15, 0.2) is 0 Å². The van der Waals surface area contributed by atoms with Crippen LogP contribution in [0.2, 0.25) is 0 Å². The van der Waals surface area contributed by atoms with E-state index in [2.05, 4.69) is 16.8 Å². The summed E-state index contributed by atoms with van der Waals surface area (Å²) in [5.74, 6) is -0.00958. The fourth-order valence-corrected chi connectivity index (χ4v) is 2.07. The Balaban J connectivity index is 2.06. The smallest absolute Gasteiger partial charge is 0.254 e. The van der Waals surface area contributed by atoms with Gasteiger partial charge in [0.2, 0.25) is 0 Å². The molecule has 0 bridgehead atoms. The molecule has 94 valence electrons. The molecule has 18 heavy (non-hydrogen) atoms. The molecule has 0 radical (unpaired) electrons. The number of carbonyl (C=O) groups excluding carboxylic acids is 1. The predicted molar refractivity (Wildman–Crippen MR) is 67.0 cm³/mol.